The van der Waals surface area contributed by atoms with Crippen LogP contribution < -0.4 is 5.56 Å². The summed E-state index contributed by atoms with van der Waals surface area (Å²) in [7, 11) is 0. The van der Waals surface area contributed by atoms with E-state index in [1.165, 1.54) is 0 Å². The number of hydrogen-bond acceptors (Lipinski definition) is 2. The van der Waals surface area contributed by atoms with Crippen molar-refractivity contribution in [3.05, 3.63) is 57.5 Å². The molecule has 2 heterocycles. The third-order valence-corrected chi connectivity index (χ3v) is 4.19. The molecule has 0 saturated heterocycles. The largest absolute Gasteiger partial charge is 0.416 e. The van der Waals surface area contributed by atoms with E-state index in [0.717, 1.165) is 23.4 Å². The quantitative estimate of drug-likeness (QED) is 0.619. The van der Waals surface area contributed by atoms with Crippen LogP contribution in [0, 0.1) is 0 Å². The van der Waals surface area contributed by atoms with Crippen LogP contribution in [0.3, 0.4) is 0 Å². The maximum Gasteiger partial charge on any atom is 0.416 e. The first-order valence-corrected chi connectivity index (χ1v) is 8.40. The summed E-state index contributed by atoms with van der Waals surface area (Å²) >= 11 is 0. The van der Waals surface area contributed by atoms with Gasteiger partial charge in [0, 0.05) is 23.4 Å². The van der Waals surface area contributed by atoms with E-state index in [2.05, 4.69) is 10.1 Å². The molecule has 0 saturated carbocycles. The average Bonchev–Trinajstić information content (AvgIpc) is 3.01. The predicted octanol–water partition coefficient (Wildman–Crippen LogP) is 5.07. The lowest BCUT2D eigenvalue weighted by molar-refractivity contribution is -0.143. The molecule has 28 heavy (non-hydrogen) atoms. The smallest absolute Gasteiger partial charge is 0.294 e. The van der Waals surface area contributed by atoms with Gasteiger partial charge in [0.25, 0.3) is 5.56 Å². The molecule has 3 rings (SSSR count). The Bertz CT molecular complexity index is 1030. The summed E-state index contributed by atoms with van der Waals surface area (Å²) in [6.45, 7) is 1.98. The van der Waals surface area contributed by atoms with Crippen LogP contribution in [0.4, 0.5) is 26.3 Å². The highest BCUT2D eigenvalue weighted by Gasteiger charge is 2.37. The Morgan fingerprint density at radius 2 is 1.57 bits per heavy atom. The molecule has 0 spiro atoms. The predicted molar refractivity (Wildman–Crippen MR) is 89.9 cm³/mol. The third kappa shape index (κ3) is 4.05. The molecule has 0 unspecified atom stereocenters. The molecular weight excluding hydrogens is 388 g/mol. The molecule has 0 aliphatic heterocycles. The van der Waals surface area contributed by atoms with Crippen molar-refractivity contribution in [3.8, 4) is 11.3 Å². The van der Waals surface area contributed by atoms with E-state index >= 15 is 0 Å². The van der Waals surface area contributed by atoms with Crippen LogP contribution in [0.25, 0.3) is 16.9 Å². The number of rotatable bonds is 4. The zero-order valence-corrected chi connectivity index (χ0v) is 14.6. The maximum absolute atomic E-state index is 13.0. The summed E-state index contributed by atoms with van der Waals surface area (Å²) in [5.41, 5.74) is -3.42. The highest BCUT2D eigenvalue weighted by molar-refractivity contribution is 5.64. The van der Waals surface area contributed by atoms with E-state index in [1.807, 2.05) is 6.92 Å². The Kier molecular flexibility index (Phi) is 4.99. The van der Waals surface area contributed by atoms with Crippen LogP contribution in [-0.4, -0.2) is 14.6 Å². The molecule has 3 aromatic rings. The topological polar surface area (TPSA) is 50.2 Å². The lowest BCUT2D eigenvalue weighted by Gasteiger charge is -2.14. The molecule has 10 heteroatoms. The second kappa shape index (κ2) is 6.99. The fraction of sp³-hybridized carbons (Fsp3) is 0.333. The van der Waals surface area contributed by atoms with Crippen molar-refractivity contribution in [1.82, 2.24) is 14.6 Å². The minimum atomic E-state index is -4.98. The number of H-pyrrole nitrogens is 1. The number of aryl methyl sites for hydroxylation is 1. The summed E-state index contributed by atoms with van der Waals surface area (Å²) < 4.78 is 79.4. The lowest BCUT2D eigenvalue weighted by Crippen LogP contribution is -2.15. The number of aromatic amines is 1. The van der Waals surface area contributed by atoms with Crippen LogP contribution >= 0.6 is 0 Å². The highest BCUT2D eigenvalue weighted by Crippen LogP contribution is 2.38. The molecule has 0 bridgehead atoms. The van der Waals surface area contributed by atoms with Crippen molar-refractivity contribution >= 4 is 5.65 Å². The van der Waals surface area contributed by atoms with Gasteiger partial charge in [0.15, 0.2) is 5.65 Å². The summed E-state index contributed by atoms with van der Waals surface area (Å²) in [5.74, 6) is 0. The van der Waals surface area contributed by atoms with E-state index in [-0.39, 0.29) is 17.4 Å². The Hall–Kier alpha value is -2.78. The van der Waals surface area contributed by atoms with Crippen molar-refractivity contribution in [3.63, 3.8) is 0 Å². The number of benzene rings is 1. The maximum atomic E-state index is 13.0. The molecule has 1 aromatic carbocycles. The number of unbranched alkanes of at least 4 members (excludes halogenated alkanes) is 1. The van der Waals surface area contributed by atoms with Crippen molar-refractivity contribution in [2.45, 2.75) is 38.5 Å². The van der Waals surface area contributed by atoms with E-state index in [9.17, 15) is 31.1 Å². The number of nitrogens with one attached hydrogen (secondary N) is 1. The van der Waals surface area contributed by atoms with Gasteiger partial charge in [0.05, 0.1) is 16.8 Å². The Labute approximate surface area is 154 Å². The summed E-state index contributed by atoms with van der Waals surface area (Å²) in [6.07, 6.45) is -7.56. The standard InChI is InChI=1S/C18H15F6N3O/c1-2-3-4-13-8-15-25-14(9-16(28)27(15)26-13)10-5-11(17(19,20)21)7-12(6-10)18(22,23)24/h5-9,26H,2-4H2,1H3. The van der Waals surface area contributed by atoms with E-state index in [0.29, 0.717) is 24.2 Å². The molecule has 4 nitrogen and oxygen atoms in total. The first-order valence-electron chi connectivity index (χ1n) is 8.40. The van der Waals surface area contributed by atoms with Gasteiger partial charge in [-0.25, -0.2) is 9.50 Å². The molecule has 0 amide bonds. The Balaban J connectivity index is 2.17. The van der Waals surface area contributed by atoms with Gasteiger partial charge in [-0.15, -0.1) is 0 Å². The van der Waals surface area contributed by atoms with Crippen LogP contribution in [0.1, 0.15) is 36.6 Å². The number of halogens is 6. The minimum absolute atomic E-state index is 0.0357. The molecule has 0 aliphatic carbocycles. The molecule has 2 aromatic heterocycles. The zero-order chi connectivity index (χ0) is 20.7. The van der Waals surface area contributed by atoms with Gasteiger partial charge in [-0.2, -0.15) is 26.3 Å². The van der Waals surface area contributed by atoms with Gasteiger partial charge in [-0.1, -0.05) is 13.3 Å². The van der Waals surface area contributed by atoms with Gasteiger partial charge >= 0.3 is 12.4 Å². The van der Waals surface area contributed by atoms with E-state index in [4.69, 9.17) is 0 Å². The van der Waals surface area contributed by atoms with Crippen LogP contribution in [0.15, 0.2) is 35.1 Å². The number of hydrogen-bond donors (Lipinski definition) is 1. The number of alkyl halides is 6. The van der Waals surface area contributed by atoms with Gasteiger partial charge < -0.3 is 0 Å². The van der Waals surface area contributed by atoms with Crippen molar-refractivity contribution in [2.75, 3.05) is 0 Å². The van der Waals surface area contributed by atoms with Crippen LogP contribution in [0.2, 0.25) is 0 Å². The van der Waals surface area contributed by atoms with Crippen molar-refractivity contribution in [2.24, 2.45) is 0 Å². The fourth-order valence-electron chi connectivity index (χ4n) is 2.79. The molecule has 0 fully saturated rings. The number of aromatic nitrogens is 3. The van der Waals surface area contributed by atoms with Crippen molar-refractivity contribution in [1.29, 1.82) is 0 Å². The summed E-state index contributed by atoms with van der Waals surface area (Å²) in [4.78, 5) is 16.3. The lowest BCUT2D eigenvalue weighted by atomic mass is 10.0. The van der Waals surface area contributed by atoms with E-state index < -0.39 is 34.6 Å². The number of nitrogens with zero attached hydrogens (tertiary/aromatic N) is 2. The van der Waals surface area contributed by atoms with Crippen LogP contribution in [0.5, 0.6) is 0 Å². The van der Waals surface area contributed by atoms with Gasteiger partial charge in [0.1, 0.15) is 0 Å². The van der Waals surface area contributed by atoms with Crippen LogP contribution in [-0.2, 0) is 18.8 Å². The SMILES string of the molecule is CCCCc1cc2nc(-c3cc(C(F)(F)F)cc(C(F)(F)F)c3)cc(=O)n2[nH]1. The second-order valence-corrected chi connectivity index (χ2v) is 6.35. The molecular formula is C18H15F6N3O. The molecule has 1 N–H and O–H groups in total. The third-order valence-electron chi connectivity index (χ3n) is 4.19. The Morgan fingerprint density at radius 1 is 0.964 bits per heavy atom. The summed E-state index contributed by atoms with van der Waals surface area (Å²) in [6, 6.07) is 3.60. The van der Waals surface area contributed by atoms with Gasteiger partial charge in [0.2, 0.25) is 0 Å². The monoisotopic (exact) mass is 403 g/mol. The van der Waals surface area contributed by atoms with E-state index in [1.54, 1.807) is 6.07 Å². The number of fused-ring (bicyclic) bond motifs is 1. The summed E-state index contributed by atoms with van der Waals surface area (Å²) in [5, 5.41) is 2.83. The Morgan fingerprint density at radius 3 is 2.11 bits per heavy atom. The first kappa shape index (κ1) is 20.0. The minimum Gasteiger partial charge on any atom is -0.294 e. The fourth-order valence-corrected chi connectivity index (χ4v) is 2.79. The molecule has 150 valence electrons. The zero-order valence-electron chi connectivity index (χ0n) is 14.6. The van der Waals surface area contributed by atoms with Gasteiger partial charge in [-0.3, -0.25) is 9.89 Å². The molecule has 0 atom stereocenters. The average molecular weight is 403 g/mol. The molecule has 0 aliphatic rings. The van der Waals surface area contributed by atoms with Gasteiger partial charge in [-0.05, 0) is 31.0 Å². The second-order valence-electron chi connectivity index (χ2n) is 6.35. The first-order chi connectivity index (χ1) is 13.0. The van der Waals surface area contributed by atoms with Crippen molar-refractivity contribution < 1.29 is 26.3 Å². The normalized spacial score (nSPS) is 12.7. The molecule has 0 radical (unpaired) electrons. The highest BCUT2D eigenvalue weighted by atomic mass is 19.4.